The number of nitrogens with two attached hydrogens (primary N) is 1. The molecule has 2 N–H and O–H groups in total. The van der Waals surface area contributed by atoms with E-state index in [1.165, 1.54) is 0 Å². The van der Waals surface area contributed by atoms with E-state index in [0.29, 0.717) is 18.1 Å². The molecule has 0 saturated carbocycles. The van der Waals surface area contributed by atoms with Gasteiger partial charge in [0.25, 0.3) is 0 Å². The first kappa shape index (κ1) is 14.5. The molecule has 2 aromatic rings. The molecule has 108 valence electrons. The lowest BCUT2D eigenvalue weighted by Gasteiger charge is -2.07. The van der Waals surface area contributed by atoms with Crippen molar-refractivity contribution in [2.75, 3.05) is 6.61 Å². The van der Waals surface area contributed by atoms with Crippen LogP contribution in [0.1, 0.15) is 23.0 Å². The van der Waals surface area contributed by atoms with Gasteiger partial charge in [0, 0.05) is 6.20 Å². The van der Waals surface area contributed by atoms with Gasteiger partial charge in [0.1, 0.15) is 17.0 Å². The van der Waals surface area contributed by atoms with Gasteiger partial charge < -0.3 is 15.3 Å². The number of amidine groups is 1. The van der Waals surface area contributed by atoms with E-state index in [1.54, 1.807) is 48.7 Å². The van der Waals surface area contributed by atoms with Crippen LogP contribution in [0.2, 0.25) is 0 Å². The monoisotopic (exact) mass is 285 g/mol. The molecular formula is C15H15N3O3. The van der Waals surface area contributed by atoms with Crippen LogP contribution in [0.5, 0.6) is 5.75 Å². The number of ether oxygens (including phenoxy) is 1. The number of para-hydroxylation sites is 1. The lowest BCUT2D eigenvalue weighted by atomic mass is 10.2. The summed E-state index contributed by atoms with van der Waals surface area (Å²) < 4.78 is 5.36. The second kappa shape index (κ2) is 7.04. The number of rotatable bonds is 5. The summed E-state index contributed by atoms with van der Waals surface area (Å²) in [5.41, 5.74) is 6.42. The van der Waals surface area contributed by atoms with Gasteiger partial charge in [-0.3, -0.25) is 4.98 Å². The molecule has 1 heterocycles. The summed E-state index contributed by atoms with van der Waals surface area (Å²) in [6, 6.07) is 11.9. The zero-order chi connectivity index (χ0) is 15.1. The standard InChI is InChI=1S/C15H15N3O3/c1-2-20-13-9-4-3-7-11(13)15(19)21-18-14(16)12-8-5-6-10-17-12/h3-10H,2H2,1H3,(H2,16,18). The summed E-state index contributed by atoms with van der Waals surface area (Å²) in [6.07, 6.45) is 1.57. The molecule has 0 unspecified atom stereocenters. The minimum absolute atomic E-state index is 0.0258. The van der Waals surface area contributed by atoms with Gasteiger partial charge in [-0.05, 0) is 31.2 Å². The number of oxime groups is 1. The normalized spacial score (nSPS) is 11.0. The zero-order valence-electron chi connectivity index (χ0n) is 11.5. The molecule has 6 nitrogen and oxygen atoms in total. The average molecular weight is 285 g/mol. The molecular weight excluding hydrogens is 270 g/mol. The van der Waals surface area contributed by atoms with Crippen LogP contribution >= 0.6 is 0 Å². The van der Waals surface area contributed by atoms with Gasteiger partial charge >= 0.3 is 5.97 Å². The van der Waals surface area contributed by atoms with E-state index >= 15 is 0 Å². The molecule has 0 saturated heterocycles. The number of carbonyl (C=O) groups excluding carboxylic acids is 1. The summed E-state index contributed by atoms with van der Waals surface area (Å²) in [4.78, 5) is 20.8. The second-order valence-corrected chi connectivity index (χ2v) is 4.00. The summed E-state index contributed by atoms with van der Waals surface area (Å²) in [5, 5.41) is 3.60. The van der Waals surface area contributed by atoms with Gasteiger partial charge in [-0.25, -0.2) is 4.79 Å². The fraction of sp³-hybridized carbons (Fsp3) is 0.133. The Morgan fingerprint density at radius 3 is 2.71 bits per heavy atom. The third kappa shape index (κ3) is 3.79. The minimum Gasteiger partial charge on any atom is -0.493 e. The molecule has 0 spiro atoms. The third-order valence-corrected chi connectivity index (χ3v) is 2.56. The molecule has 0 amide bonds. The largest absolute Gasteiger partial charge is 0.493 e. The Kier molecular flexibility index (Phi) is 4.87. The quantitative estimate of drug-likeness (QED) is 0.393. The molecule has 0 atom stereocenters. The van der Waals surface area contributed by atoms with Crippen LogP contribution in [-0.2, 0) is 4.84 Å². The van der Waals surface area contributed by atoms with Crippen molar-refractivity contribution in [3.8, 4) is 5.75 Å². The number of hydrogen-bond acceptors (Lipinski definition) is 5. The molecule has 0 bridgehead atoms. The molecule has 1 aromatic heterocycles. The number of hydrogen-bond donors (Lipinski definition) is 1. The Balaban J connectivity index is 2.12. The van der Waals surface area contributed by atoms with Crippen molar-refractivity contribution in [1.29, 1.82) is 0 Å². The van der Waals surface area contributed by atoms with E-state index in [4.69, 9.17) is 15.3 Å². The van der Waals surface area contributed by atoms with Gasteiger partial charge in [0.15, 0.2) is 5.84 Å². The van der Waals surface area contributed by atoms with E-state index in [2.05, 4.69) is 10.1 Å². The van der Waals surface area contributed by atoms with E-state index in [-0.39, 0.29) is 11.4 Å². The molecule has 2 rings (SSSR count). The molecule has 0 radical (unpaired) electrons. The predicted molar refractivity (Wildman–Crippen MR) is 78.0 cm³/mol. The molecule has 1 aromatic carbocycles. The van der Waals surface area contributed by atoms with Crippen molar-refractivity contribution in [3.63, 3.8) is 0 Å². The topological polar surface area (TPSA) is 86.8 Å². The summed E-state index contributed by atoms with van der Waals surface area (Å²) >= 11 is 0. The van der Waals surface area contributed by atoms with Gasteiger partial charge in [-0.15, -0.1) is 0 Å². The number of benzene rings is 1. The van der Waals surface area contributed by atoms with Crippen LogP contribution in [0, 0.1) is 0 Å². The molecule has 0 aliphatic rings. The maximum Gasteiger partial charge on any atom is 0.369 e. The minimum atomic E-state index is -0.641. The third-order valence-electron chi connectivity index (χ3n) is 2.56. The Morgan fingerprint density at radius 2 is 2.00 bits per heavy atom. The SMILES string of the molecule is CCOc1ccccc1C(=O)O/N=C(\N)c1ccccn1. The predicted octanol–water partition coefficient (Wildman–Crippen LogP) is 1.96. The lowest BCUT2D eigenvalue weighted by molar-refractivity contribution is 0.0511. The van der Waals surface area contributed by atoms with Crippen LogP contribution in [0.15, 0.2) is 53.8 Å². The highest BCUT2D eigenvalue weighted by Crippen LogP contribution is 2.18. The second-order valence-electron chi connectivity index (χ2n) is 4.00. The fourth-order valence-corrected chi connectivity index (χ4v) is 1.62. The van der Waals surface area contributed by atoms with Gasteiger partial charge in [0.2, 0.25) is 0 Å². The van der Waals surface area contributed by atoms with Gasteiger partial charge in [0.05, 0.1) is 6.61 Å². The van der Waals surface area contributed by atoms with E-state index in [1.807, 2.05) is 6.92 Å². The first-order chi connectivity index (χ1) is 10.2. The number of pyridine rings is 1. The van der Waals surface area contributed by atoms with Crippen LogP contribution in [-0.4, -0.2) is 23.4 Å². The van der Waals surface area contributed by atoms with Crippen molar-refractivity contribution in [2.45, 2.75) is 6.92 Å². The van der Waals surface area contributed by atoms with Crippen LogP contribution in [0.25, 0.3) is 0 Å². The average Bonchev–Trinajstić information content (AvgIpc) is 2.54. The van der Waals surface area contributed by atoms with Gasteiger partial charge in [-0.1, -0.05) is 23.4 Å². The molecule has 0 aliphatic carbocycles. The Bertz CT molecular complexity index is 642. The summed E-state index contributed by atoms with van der Waals surface area (Å²) in [6.45, 7) is 2.28. The molecule has 0 fully saturated rings. The number of nitrogens with zero attached hydrogens (tertiary/aromatic N) is 2. The lowest BCUT2D eigenvalue weighted by Crippen LogP contribution is -2.16. The summed E-state index contributed by atoms with van der Waals surface area (Å²) in [7, 11) is 0. The summed E-state index contributed by atoms with van der Waals surface area (Å²) in [5.74, 6) is -0.174. The maximum atomic E-state index is 12.0. The molecule has 0 aliphatic heterocycles. The van der Waals surface area contributed by atoms with Crippen molar-refractivity contribution in [2.24, 2.45) is 10.9 Å². The molecule has 6 heteroatoms. The van der Waals surface area contributed by atoms with Crippen molar-refractivity contribution in [1.82, 2.24) is 4.98 Å². The maximum absolute atomic E-state index is 12.0. The Labute approximate surface area is 122 Å². The van der Waals surface area contributed by atoms with Crippen LogP contribution in [0.4, 0.5) is 0 Å². The van der Waals surface area contributed by atoms with E-state index < -0.39 is 5.97 Å². The highest BCUT2D eigenvalue weighted by molar-refractivity contribution is 5.97. The number of carbonyl (C=O) groups is 1. The highest BCUT2D eigenvalue weighted by Gasteiger charge is 2.14. The molecule has 21 heavy (non-hydrogen) atoms. The number of aromatic nitrogens is 1. The van der Waals surface area contributed by atoms with Crippen LogP contribution < -0.4 is 10.5 Å². The van der Waals surface area contributed by atoms with E-state index in [0.717, 1.165) is 0 Å². The zero-order valence-corrected chi connectivity index (χ0v) is 11.5. The van der Waals surface area contributed by atoms with E-state index in [9.17, 15) is 4.79 Å². The van der Waals surface area contributed by atoms with Crippen molar-refractivity contribution < 1.29 is 14.4 Å². The smallest absolute Gasteiger partial charge is 0.369 e. The fourth-order valence-electron chi connectivity index (χ4n) is 1.62. The first-order valence-corrected chi connectivity index (χ1v) is 6.40. The van der Waals surface area contributed by atoms with Crippen LogP contribution in [0.3, 0.4) is 0 Å². The Hall–Kier alpha value is -2.89. The van der Waals surface area contributed by atoms with Crippen molar-refractivity contribution >= 4 is 11.8 Å². The van der Waals surface area contributed by atoms with Gasteiger partial charge in [-0.2, -0.15) is 0 Å². The highest BCUT2D eigenvalue weighted by atomic mass is 16.7. The Morgan fingerprint density at radius 1 is 1.24 bits per heavy atom. The van der Waals surface area contributed by atoms with Crippen molar-refractivity contribution in [3.05, 3.63) is 59.9 Å². The first-order valence-electron chi connectivity index (χ1n) is 6.40.